The number of halogens is 6. The number of β-amino-alcohol motifs (C(OH)–C–C–N with tert-alkyl or cyclic N) is 1. The van der Waals surface area contributed by atoms with E-state index in [4.69, 9.17) is 0 Å². The maximum atomic E-state index is 14.0. The molecule has 46 heavy (non-hydrogen) atoms. The molecular weight excluding hydrogens is 640 g/mol. The van der Waals surface area contributed by atoms with Crippen LogP contribution >= 0.6 is 0 Å². The molecular formula is C30H33F6N5O4S. The van der Waals surface area contributed by atoms with Crippen molar-refractivity contribution in [2.75, 3.05) is 32.4 Å². The summed E-state index contributed by atoms with van der Waals surface area (Å²) in [7, 11) is -3.61. The zero-order valence-electron chi connectivity index (χ0n) is 24.8. The Morgan fingerprint density at radius 1 is 0.978 bits per heavy atom. The lowest BCUT2D eigenvalue weighted by molar-refractivity contribution is -0.138. The van der Waals surface area contributed by atoms with Crippen molar-refractivity contribution >= 4 is 15.9 Å². The van der Waals surface area contributed by atoms with Gasteiger partial charge >= 0.3 is 12.4 Å². The van der Waals surface area contributed by atoms with Gasteiger partial charge in [0.1, 0.15) is 0 Å². The lowest BCUT2D eigenvalue weighted by Gasteiger charge is -2.26. The van der Waals surface area contributed by atoms with Crippen molar-refractivity contribution in [3.63, 3.8) is 0 Å². The summed E-state index contributed by atoms with van der Waals surface area (Å²) in [6.45, 7) is 1.77. The first-order valence-corrected chi connectivity index (χ1v) is 16.5. The number of carbonyl (C=O) groups is 1. The maximum absolute atomic E-state index is 14.0. The molecule has 0 radical (unpaired) electrons. The SMILES string of the molecule is CS(=O)(=O)N1CCc2c(c(-c3ccc(C(F)(F)F)c(CNC(=O)c4ccc(C(F)(F)F)cc4)c3)nn2CC(O)CN2CCCC2)C1. The zero-order chi connectivity index (χ0) is 33.4. The van der Waals surface area contributed by atoms with Gasteiger partial charge < -0.3 is 15.3 Å². The first-order chi connectivity index (χ1) is 21.5. The minimum Gasteiger partial charge on any atom is -0.390 e. The van der Waals surface area contributed by atoms with Crippen molar-refractivity contribution in [2.45, 2.75) is 57.4 Å². The van der Waals surface area contributed by atoms with Crippen molar-refractivity contribution in [3.05, 3.63) is 76.0 Å². The van der Waals surface area contributed by atoms with Crippen LogP contribution in [0.2, 0.25) is 0 Å². The topological polar surface area (TPSA) is 108 Å². The van der Waals surface area contributed by atoms with Crippen LogP contribution in [0.5, 0.6) is 0 Å². The summed E-state index contributed by atoms with van der Waals surface area (Å²) in [6, 6.07) is 6.56. The third kappa shape index (κ3) is 7.73. The Hall–Kier alpha value is -3.47. The molecule has 1 saturated heterocycles. The highest BCUT2D eigenvalue weighted by Crippen LogP contribution is 2.37. The summed E-state index contributed by atoms with van der Waals surface area (Å²) in [5, 5.41) is 17.8. The van der Waals surface area contributed by atoms with Crippen LogP contribution in [-0.2, 0) is 48.4 Å². The maximum Gasteiger partial charge on any atom is 0.416 e. The van der Waals surface area contributed by atoms with E-state index in [0.29, 0.717) is 29.9 Å². The Morgan fingerprint density at radius 2 is 1.65 bits per heavy atom. The molecule has 1 fully saturated rings. The normalized spacial score (nSPS) is 17.2. The Balaban J connectivity index is 1.46. The van der Waals surface area contributed by atoms with Crippen LogP contribution in [-0.4, -0.2) is 77.0 Å². The molecule has 2 aromatic carbocycles. The second-order valence-corrected chi connectivity index (χ2v) is 13.6. The number of rotatable bonds is 9. The fourth-order valence-corrected chi connectivity index (χ4v) is 6.69. The molecule has 16 heteroatoms. The molecule has 1 aromatic heterocycles. The average molecular weight is 674 g/mol. The number of aliphatic hydroxyl groups is 1. The fourth-order valence-electron chi connectivity index (χ4n) is 5.90. The number of sulfonamides is 1. The van der Waals surface area contributed by atoms with E-state index in [-0.39, 0.29) is 48.4 Å². The number of nitrogens with zero attached hydrogens (tertiary/aromatic N) is 4. The number of alkyl halides is 6. The minimum atomic E-state index is -4.79. The van der Waals surface area contributed by atoms with Crippen molar-refractivity contribution in [1.29, 1.82) is 0 Å². The van der Waals surface area contributed by atoms with Crippen LogP contribution in [0, 0.1) is 0 Å². The van der Waals surface area contributed by atoms with E-state index in [2.05, 4.69) is 15.3 Å². The summed E-state index contributed by atoms with van der Waals surface area (Å²) < 4.78 is 108. The molecule has 2 aliphatic rings. The van der Waals surface area contributed by atoms with E-state index < -0.39 is 52.1 Å². The van der Waals surface area contributed by atoms with Crippen LogP contribution in [0.1, 0.15) is 51.1 Å². The molecule has 1 atom stereocenters. The van der Waals surface area contributed by atoms with Crippen LogP contribution in [0.4, 0.5) is 26.3 Å². The number of carbonyl (C=O) groups excluding carboxylic acids is 1. The Kier molecular flexibility index (Phi) is 9.55. The first-order valence-electron chi connectivity index (χ1n) is 14.6. The van der Waals surface area contributed by atoms with Gasteiger partial charge in [-0.1, -0.05) is 6.07 Å². The number of likely N-dealkylation sites (tertiary alicyclic amines) is 1. The summed E-state index contributed by atoms with van der Waals surface area (Å²) in [5.41, 5.74) is -0.825. The molecule has 9 nitrogen and oxygen atoms in total. The van der Waals surface area contributed by atoms with Crippen molar-refractivity contribution in [2.24, 2.45) is 0 Å². The number of aromatic nitrogens is 2. The van der Waals surface area contributed by atoms with Gasteiger partial charge in [0.2, 0.25) is 10.0 Å². The first kappa shape index (κ1) is 33.9. The quantitative estimate of drug-likeness (QED) is 0.329. The van der Waals surface area contributed by atoms with E-state index in [9.17, 15) is 44.7 Å². The van der Waals surface area contributed by atoms with Gasteiger partial charge in [-0.2, -0.15) is 35.7 Å². The van der Waals surface area contributed by atoms with Crippen LogP contribution < -0.4 is 5.32 Å². The Bertz CT molecular complexity index is 1680. The molecule has 0 aliphatic carbocycles. The molecule has 0 spiro atoms. The lowest BCUT2D eigenvalue weighted by atomic mass is 9.97. The van der Waals surface area contributed by atoms with Crippen LogP contribution in [0.25, 0.3) is 11.3 Å². The lowest BCUT2D eigenvalue weighted by Crippen LogP contribution is -2.37. The summed E-state index contributed by atoms with van der Waals surface area (Å²) in [6.07, 6.45) is -6.77. The highest BCUT2D eigenvalue weighted by molar-refractivity contribution is 7.88. The van der Waals surface area contributed by atoms with Crippen molar-refractivity contribution in [3.8, 4) is 11.3 Å². The molecule has 5 rings (SSSR count). The number of aliphatic hydroxyl groups excluding tert-OH is 1. The van der Waals surface area contributed by atoms with Crippen LogP contribution in [0.3, 0.4) is 0 Å². The highest BCUT2D eigenvalue weighted by Gasteiger charge is 2.35. The molecule has 0 bridgehead atoms. The van der Waals surface area contributed by atoms with Gasteiger partial charge in [-0.15, -0.1) is 0 Å². The monoisotopic (exact) mass is 673 g/mol. The number of amides is 1. The molecule has 0 saturated carbocycles. The average Bonchev–Trinajstić information content (AvgIpc) is 3.62. The molecule has 1 unspecified atom stereocenters. The number of benzene rings is 2. The standard InChI is InChI=1S/C30H33F6N5O4S/c1-46(44,45)40-13-10-26-24(18-40)27(38-41(26)17-23(42)16-39-11-2-3-12-39)20-6-9-25(30(34,35)36)21(14-20)15-37-28(43)19-4-7-22(8-5-19)29(31,32)33/h4-9,14,23,42H,2-3,10-13,15-18H2,1H3,(H,37,43). The van der Waals surface area contributed by atoms with Gasteiger partial charge in [-0.05, 0) is 67.9 Å². The molecule has 3 heterocycles. The van der Waals surface area contributed by atoms with Gasteiger partial charge in [-0.3, -0.25) is 9.48 Å². The number of hydrogen-bond acceptors (Lipinski definition) is 6. The summed E-state index contributed by atoms with van der Waals surface area (Å²) in [5.74, 6) is -0.871. The highest BCUT2D eigenvalue weighted by atomic mass is 32.2. The van der Waals surface area contributed by atoms with Gasteiger partial charge in [0, 0.05) is 55.0 Å². The summed E-state index contributed by atoms with van der Waals surface area (Å²) in [4.78, 5) is 14.8. The van der Waals surface area contributed by atoms with E-state index in [0.717, 1.165) is 50.4 Å². The summed E-state index contributed by atoms with van der Waals surface area (Å²) >= 11 is 0. The number of hydrogen-bond donors (Lipinski definition) is 2. The second-order valence-electron chi connectivity index (χ2n) is 11.6. The Morgan fingerprint density at radius 3 is 2.26 bits per heavy atom. The second kappa shape index (κ2) is 13.0. The molecule has 2 N–H and O–H groups in total. The third-order valence-corrected chi connectivity index (χ3v) is 9.47. The largest absolute Gasteiger partial charge is 0.416 e. The molecule has 1 amide bonds. The zero-order valence-corrected chi connectivity index (χ0v) is 25.6. The van der Waals surface area contributed by atoms with Crippen molar-refractivity contribution < 1.29 is 44.7 Å². The van der Waals surface area contributed by atoms with E-state index in [1.807, 2.05) is 0 Å². The smallest absolute Gasteiger partial charge is 0.390 e. The number of fused-ring (bicyclic) bond motifs is 1. The number of nitrogens with one attached hydrogen (secondary N) is 1. The van der Waals surface area contributed by atoms with E-state index >= 15 is 0 Å². The van der Waals surface area contributed by atoms with Crippen LogP contribution in [0.15, 0.2) is 42.5 Å². The predicted octanol–water partition coefficient (Wildman–Crippen LogP) is 4.29. The molecule has 3 aromatic rings. The van der Waals surface area contributed by atoms with Gasteiger partial charge in [0.25, 0.3) is 5.91 Å². The van der Waals surface area contributed by atoms with Gasteiger partial charge in [-0.25, -0.2) is 8.42 Å². The van der Waals surface area contributed by atoms with Crippen molar-refractivity contribution in [1.82, 2.24) is 24.3 Å². The van der Waals surface area contributed by atoms with E-state index in [1.165, 1.54) is 16.4 Å². The third-order valence-electron chi connectivity index (χ3n) is 8.22. The van der Waals surface area contributed by atoms with E-state index in [1.54, 1.807) is 4.68 Å². The predicted molar refractivity (Wildman–Crippen MR) is 156 cm³/mol. The molecule has 2 aliphatic heterocycles. The van der Waals surface area contributed by atoms with Gasteiger partial charge in [0.05, 0.1) is 35.7 Å². The Labute approximate surface area is 261 Å². The molecule has 250 valence electrons. The van der Waals surface area contributed by atoms with Gasteiger partial charge in [0.15, 0.2) is 0 Å². The minimum absolute atomic E-state index is 0.0628. The fraction of sp³-hybridized carbons (Fsp3) is 0.467.